The highest BCUT2D eigenvalue weighted by Gasteiger charge is 2.24. The highest BCUT2D eigenvalue weighted by atomic mass is 35.5. The fourth-order valence-electron chi connectivity index (χ4n) is 3.60. The van der Waals surface area contributed by atoms with E-state index in [4.69, 9.17) is 30.5 Å². The molecule has 3 aromatic carbocycles. The lowest BCUT2D eigenvalue weighted by Gasteiger charge is -2.30. The Labute approximate surface area is 186 Å². The minimum atomic E-state index is -0.526. The minimum absolute atomic E-state index is 0.149. The van der Waals surface area contributed by atoms with Gasteiger partial charge in [0.15, 0.2) is 6.29 Å². The maximum atomic E-state index is 11.9. The van der Waals surface area contributed by atoms with E-state index in [9.17, 15) is 4.79 Å². The first-order chi connectivity index (χ1) is 15.1. The fraction of sp³-hybridized carbons (Fsp3) is 0.292. The first-order valence-electron chi connectivity index (χ1n) is 10.1. The molecule has 0 aliphatic carbocycles. The summed E-state index contributed by atoms with van der Waals surface area (Å²) in [6.07, 6.45) is -0.348. The van der Waals surface area contributed by atoms with Crippen LogP contribution in [0.2, 0.25) is 5.02 Å². The molecule has 3 aromatic rings. The molecule has 0 radical (unpaired) electrons. The highest BCUT2D eigenvalue weighted by Crippen LogP contribution is 2.31. The molecule has 4 rings (SSSR count). The van der Waals surface area contributed by atoms with E-state index in [1.54, 1.807) is 31.4 Å². The zero-order valence-corrected chi connectivity index (χ0v) is 17.9. The van der Waals surface area contributed by atoms with E-state index >= 15 is 0 Å². The molecule has 0 saturated carbocycles. The number of halogens is 1. The Kier molecular flexibility index (Phi) is 6.92. The maximum absolute atomic E-state index is 11.9. The van der Waals surface area contributed by atoms with E-state index in [1.165, 1.54) is 10.9 Å². The second-order valence-corrected chi connectivity index (χ2v) is 7.72. The number of rotatable bonds is 6. The molecule has 31 heavy (non-hydrogen) atoms. The number of carbonyl (C=O) groups excluding carboxylic acids is 1. The third kappa shape index (κ3) is 5.47. The van der Waals surface area contributed by atoms with Crippen LogP contribution in [-0.2, 0) is 9.47 Å². The Balaban J connectivity index is 1.25. The number of hydrogen-bond acceptors (Lipinski definition) is 5. The normalized spacial score (nSPS) is 18.5. The van der Waals surface area contributed by atoms with Crippen molar-refractivity contribution in [1.82, 2.24) is 5.32 Å². The number of ether oxygens (including phenoxy) is 4. The smallest absolute Gasteiger partial charge is 0.412 e. The van der Waals surface area contributed by atoms with Crippen LogP contribution < -0.4 is 14.8 Å². The van der Waals surface area contributed by atoms with Gasteiger partial charge in [-0.15, -0.1) is 0 Å². The van der Waals surface area contributed by atoms with Crippen LogP contribution in [0, 0.1) is 0 Å². The van der Waals surface area contributed by atoms with Crippen molar-refractivity contribution in [2.45, 2.75) is 18.6 Å². The van der Waals surface area contributed by atoms with Gasteiger partial charge in [-0.3, -0.25) is 0 Å². The lowest BCUT2D eigenvalue weighted by molar-refractivity contribution is -0.188. The van der Waals surface area contributed by atoms with Crippen molar-refractivity contribution < 1.29 is 23.7 Å². The predicted octanol–water partition coefficient (Wildman–Crippen LogP) is 5.14. The number of benzene rings is 3. The van der Waals surface area contributed by atoms with Crippen LogP contribution in [0.25, 0.3) is 10.8 Å². The van der Waals surface area contributed by atoms with Crippen molar-refractivity contribution in [2.75, 3.05) is 26.9 Å². The van der Waals surface area contributed by atoms with Crippen molar-refractivity contribution in [2.24, 2.45) is 0 Å². The van der Waals surface area contributed by atoms with E-state index in [0.717, 1.165) is 11.1 Å². The van der Waals surface area contributed by atoms with E-state index < -0.39 is 6.09 Å². The molecule has 1 fully saturated rings. The number of methoxy groups -OCH3 is 1. The molecule has 6 nitrogen and oxygen atoms in total. The second-order valence-electron chi connectivity index (χ2n) is 7.29. The Morgan fingerprint density at radius 2 is 1.81 bits per heavy atom. The quantitative estimate of drug-likeness (QED) is 0.574. The molecule has 1 saturated heterocycles. The lowest BCUT2D eigenvalue weighted by atomic mass is 9.94. The SMILES string of the molecule is COc1ccc2c(C3COC(CCNC(=O)Oc4ccc(Cl)cc4)OC3)cccc2c1. The number of fused-ring (bicyclic) bond motifs is 1. The van der Waals surface area contributed by atoms with Crippen LogP contribution in [-0.4, -0.2) is 39.3 Å². The van der Waals surface area contributed by atoms with Crippen LogP contribution in [0.1, 0.15) is 17.9 Å². The molecule has 1 aliphatic rings. The molecule has 1 amide bonds. The summed E-state index contributed by atoms with van der Waals surface area (Å²) < 4.78 is 22.3. The predicted molar refractivity (Wildman–Crippen MR) is 119 cm³/mol. The minimum Gasteiger partial charge on any atom is -0.497 e. The summed E-state index contributed by atoms with van der Waals surface area (Å²) in [5.74, 6) is 1.42. The molecule has 0 unspecified atom stereocenters. The van der Waals surface area contributed by atoms with Gasteiger partial charge >= 0.3 is 6.09 Å². The standard InChI is InChI=1S/C24H24ClNO5/c1-28-20-9-10-22-16(13-20)3-2-4-21(22)17-14-29-23(30-15-17)11-12-26-24(27)31-19-7-5-18(25)6-8-19/h2-10,13,17,23H,11-12,14-15H2,1H3,(H,26,27). The van der Waals surface area contributed by atoms with Gasteiger partial charge in [0.25, 0.3) is 0 Å². The average molecular weight is 442 g/mol. The molecule has 1 N–H and O–H groups in total. The van der Waals surface area contributed by atoms with Gasteiger partial charge in [0.1, 0.15) is 11.5 Å². The van der Waals surface area contributed by atoms with Gasteiger partial charge in [-0.05, 0) is 52.7 Å². The molecule has 0 aromatic heterocycles. The summed E-state index contributed by atoms with van der Waals surface area (Å²) in [4.78, 5) is 11.9. The van der Waals surface area contributed by atoms with Crippen LogP contribution >= 0.6 is 11.6 Å². The van der Waals surface area contributed by atoms with Crippen molar-refractivity contribution >= 4 is 28.5 Å². The third-order valence-electron chi connectivity index (χ3n) is 5.20. The monoisotopic (exact) mass is 441 g/mol. The molecule has 0 atom stereocenters. The van der Waals surface area contributed by atoms with Crippen LogP contribution in [0.4, 0.5) is 4.79 Å². The highest BCUT2D eigenvalue weighted by molar-refractivity contribution is 6.30. The zero-order valence-electron chi connectivity index (χ0n) is 17.2. The summed E-state index contributed by atoms with van der Waals surface area (Å²) >= 11 is 5.82. The number of nitrogens with one attached hydrogen (secondary N) is 1. The molecule has 0 spiro atoms. The summed E-state index contributed by atoms with van der Waals surface area (Å²) in [6.45, 7) is 1.51. The fourth-order valence-corrected chi connectivity index (χ4v) is 3.72. The largest absolute Gasteiger partial charge is 0.497 e. The first-order valence-corrected chi connectivity index (χ1v) is 10.5. The van der Waals surface area contributed by atoms with Gasteiger partial charge in [0.2, 0.25) is 0 Å². The summed E-state index contributed by atoms with van der Waals surface area (Å²) in [5.41, 5.74) is 1.20. The van der Waals surface area contributed by atoms with E-state index in [-0.39, 0.29) is 12.2 Å². The van der Waals surface area contributed by atoms with Gasteiger partial charge in [0, 0.05) is 23.9 Å². The summed E-state index contributed by atoms with van der Waals surface area (Å²) in [6, 6.07) is 18.9. The van der Waals surface area contributed by atoms with Crippen LogP contribution in [0.3, 0.4) is 0 Å². The van der Waals surface area contributed by atoms with E-state index in [1.807, 2.05) is 18.2 Å². The molecular weight excluding hydrogens is 418 g/mol. The van der Waals surface area contributed by atoms with Gasteiger partial charge in [-0.25, -0.2) is 4.79 Å². The van der Waals surface area contributed by atoms with Crippen molar-refractivity contribution in [3.63, 3.8) is 0 Å². The van der Waals surface area contributed by atoms with Crippen molar-refractivity contribution in [3.05, 3.63) is 71.2 Å². The Morgan fingerprint density at radius 3 is 2.55 bits per heavy atom. The zero-order chi connectivity index (χ0) is 21.6. The van der Waals surface area contributed by atoms with Gasteiger partial charge in [-0.2, -0.15) is 0 Å². The van der Waals surface area contributed by atoms with Crippen molar-refractivity contribution in [1.29, 1.82) is 0 Å². The number of hydrogen-bond donors (Lipinski definition) is 1. The third-order valence-corrected chi connectivity index (χ3v) is 5.45. The van der Waals surface area contributed by atoms with Gasteiger partial charge in [0.05, 0.1) is 20.3 Å². The molecule has 1 aliphatic heterocycles. The number of carbonyl (C=O) groups is 1. The Bertz CT molecular complexity index is 1030. The molecule has 1 heterocycles. The summed E-state index contributed by atoms with van der Waals surface area (Å²) in [5, 5.41) is 5.59. The van der Waals surface area contributed by atoms with E-state index in [0.29, 0.717) is 37.0 Å². The van der Waals surface area contributed by atoms with Gasteiger partial charge < -0.3 is 24.3 Å². The second kappa shape index (κ2) is 10.0. The molecule has 0 bridgehead atoms. The maximum Gasteiger partial charge on any atom is 0.412 e. The lowest BCUT2D eigenvalue weighted by Crippen LogP contribution is -2.35. The van der Waals surface area contributed by atoms with Crippen LogP contribution in [0.15, 0.2) is 60.7 Å². The topological polar surface area (TPSA) is 66.0 Å². The average Bonchev–Trinajstić information content (AvgIpc) is 2.80. The van der Waals surface area contributed by atoms with Gasteiger partial charge in [-0.1, -0.05) is 35.9 Å². The Morgan fingerprint density at radius 1 is 1.06 bits per heavy atom. The first kappa shape index (κ1) is 21.4. The summed E-state index contributed by atoms with van der Waals surface area (Å²) in [7, 11) is 1.67. The Hall–Kier alpha value is -2.80. The van der Waals surface area contributed by atoms with E-state index in [2.05, 4.69) is 23.5 Å². The van der Waals surface area contributed by atoms with Crippen LogP contribution in [0.5, 0.6) is 11.5 Å². The number of amides is 1. The molecule has 162 valence electrons. The van der Waals surface area contributed by atoms with Crippen molar-refractivity contribution in [3.8, 4) is 11.5 Å². The molecule has 7 heteroatoms. The molecular formula is C24H24ClNO5.